The molecule has 2 amide bonds. The number of methoxy groups -OCH3 is 1. The van der Waals surface area contributed by atoms with E-state index in [4.69, 9.17) is 4.74 Å². The van der Waals surface area contributed by atoms with Crippen LogP contribution in [0.5, 0.6) is 5.75 Å². The van der Waals surface area contributed by atoms with Gasteiger partial charge in [0.2, 0.25) is 5.91 Å². The highest BCUT2D eigenvalue weighted by Crippen LogP contribution is 2.20. The Morgan fingerprint density at radius 3 is 2.27 bits per heavy atom. The summed E-state index contributed by atoms with van der Waals surface area (Å²) < 4.78 is 5.33. The third kappa shape index (κ3) is 4.04. The molecule has 0 aromatic heterocycles. The Balaban J connectivity index is 1.56. The summed E-state index contributed by atoms with van der Waals surface area (Å²) in [5, 5.41) is 0. The number of hydrogen-bond acceptors (Lipinski definition) is 3. The number of rotatable bonds is 4. The average molecular weight is 352 g/mol. The molecule has 0 unspecified atom stereocenters. The molecule has 0 atom stereocenters. The van der Waals surface area contributed by atoms with Crippen LogP contribution in [0.2, 0.25) is 0 Å². The Morgan fingerprint density at radius 2 is 1.62 bits per heavy atom. The van der Waals surface area contributed by atoms with Gasteiger partial charge in [-0.25, -0.2) is 0 Å². The topological polar surface area (TPSA) is 49.9 Å². The first kappa shape index (κ1) is 18.0. The summed E-state index contributed by atoms with van der Waals surface area (Å²) in [4.78, 5) is 28.7. The molecule has 5 nitrogen and oxygen atoms in total. The van der Waals surface area contributed by atoms with Crippen LogP contribution in [0.4, 0.5) is 0 Å². The summed E-state index contributed by atoms with van der Waals surface area (Å²) in [6, 6.07) is 15.1. The second kappa shape index (κ2) is 8.04. The predicted molar refractivity (Wildman–Crippen MR) is 100 cm³/mol. The number of aryl methyl sites for hydroxylation is 1. The van der Waals surface area contributed by atoms with E-state index in [0.29, 0.717) is 38.2 Å². The first-order valence-corrected chi connectivity index (χ1v) is 8.84. The Labute approximate surface area is 154 Å². The normalized spacial score (nSPS) is 14.2. The van der Waals surface area contributed by atoms with E-state index in [1.165, 1.54) is 0 Å². The quantitative estimate of drug-likeness (QED) is 0.850. The van der Waals surface area contributed by atoms with Gasteiger partial charge in [-0.3, -0.25) is 9.59 Å². The lowest BCUT2D eigenvalue weighted by Gasteiger charge is -2.35. The number of nitrogens with zero attached hydrogens (tertiary/aromatic N) is 2. The fourth-order valence-electron chi connectivity index (χ4n) is 3.18. The molecule has 0 radical (unpaired) electrons. The van der Waals surface area contributed by atoms with Crippen LogP contribution in [0.25, 0.3) is 0 Å². The van der Waals surface area contributed by atoms with Gasteiger partial charge in [0.25, 0.3) is 5.91 Å². The van der Waals surface area contributed by atoms with E-state index in [0.717, 1.165) is 16.9 Å². The molecule has 1 saturated heterocycles. The number of carbonyl (C=O) groups excluding carboxylic acids is 2. The zero-order chi connectivity index (χ0) is 18.5. The molecule has 0 N–H and O–H groups in total. The molecule has 1 aliphatic rings. The molecule has 136 valence electrons. The van der Waals surface area contributed by atoms with Gasteiger partial charge >= 0.3 is 0 Å². The number of carbonyl (C=O) groups is 2. The number of hydrogen-bond donors (Lipinski definition) is 0. The SMILES string of the molecule is COc1cc(CC(=O)N2CCN(C(=O)c3ccccc3)CC2)ccc1C. The zero-order valence-corrected chi connectivity index (χ0v) is 15.3. The van der Waals surface area contributed by atoms with Crippen LogP contribution in [0.1, 0.15) is 21.5 Å². The van der Waals surface area contributed by atoms with Crippen LogP contribution in [0, 0.1) is 6.92 Å². The van der Waals surface area contributed by atoms with E-state index in [-0.39, 0.29) is 11.8 Å². The summed E-state index contributed by atoms with van der Waals surface area (Å²) in [5.41, 5.74) is 2.69. The van der Waals surface area contributed by atoms with Crippen LogP contribution < -0.4 is 4.74 Å². The minimum atomic E-state index is 0.0287. The number of piperazine rings is 1. The van der Waals surface area contributed by atoms with Crippen molar-refractivity contribution in [3.63, 3.8) is 0 Å². The van der Waals surface area contributed by atoms with Gasteiger partial charge in [0.1, 0.15) is 5.75 Å². The molecule has 3 rings (SSSR count). The first-order chi connectivity index (χ1) is 12.6. The summed E-state index contributed by atoms with van der Waals surface area (Å²) in [6.07, 6.45) is 0.350. The zero-order valence-electron chi connectivity index (χ0n) is 15.3. The van der Waals surface area contributed by atoms with Crippen LogP contribution in [-0.4, -0.2) is 54.9 Å². The van der Waals surface area contributed by atoms with Crippen molar-refractivity contribution in [2.75, 3.05) is 33.3 Å². The van der Waals surface area contributed by atoms with Crippen LogP contribution >= 0.6 is 0 Å². The summed E-state index contributed by atoms with van der Waals surface area (Å²) >= 11 is 0. The maximum atomic E-state index is 12.6. The molecular formula is C21H24N2O3. The molecule has 2 aromatic carbocycles. The molecular weight excluding hydrogens is 328 g/mol. The standard InChI is InChI=1S/C21H24N2O3/c1-16-8-9-17(14-19(16)26-2)15-20(24)22-10-12-23(13-11-22)21(25)18-6-4-3-5-7-18/h3-9,14H,10-13,15H2,1-2H3. The van der Waals surface area contributed by atoms with E-state index >= 15 is 0 Å². The van der Waals surface area contributed by atoms with Gasteiger partial charge in [-0.2, -0.15) is 0 Å². The van der Waals surface area contributed by atoms with Crippen molar-refractivity contribution in [3.8, 4) is 5.75 Å². The van der Waals surface area contributed by atoms with Crippen molar-refractivity contribution in [1.82, 2.24) is 9.80 Å². The Morgan fingerprint density at radius 1 is 0.962 bits per heavy atom. The van der Waals surface area contributed by atoms with Crippen molar-refractivity contribution in [1.29, 1.82) is 0 Å². The fourth-order valence-corrected chi connectivity index (χ4v) is 3.18. The Bertz CT molecular complexity index is 781. The van der Waals surface area contributed by atoms with Gasteiger partial charge in [0.05, 0.1) is 13.5 Å². The average Bonchev–Trinajstić information content (AvgIpc) is 2.69. The second-order valence-corrected chi connectivity index (χ2v) is 6.52. The van der Waals surface area contributed by atoms with Gasteiger partial charge in [-0.1, -0.05) is 30.3 Å². The second-order valence-electron chi connectivity index (χ2n) is 6.52. The highest BCUT2D eigenvalue weighted by atomic mass is 16.5. The summed E-state index contributed by atoms with van der Waals surface area (Å²) in [5.74, 6) is 0.914. The molecule has 26 heavy (non-hydrogen) atoms. The van der Waals surface area contributed by atoms with Gasteiger partial charge < -0.3 is 14.5 Å². The van der Waals surface area contributed by atoms with Crippen molar-refractivity contribution in [3.05, 3.63) is 65.2 Å². The molecule has 0 aliphatic carbocycles. The lowest BCUT2D eigenvalue weighted by atomic mass is 10.1. The van der Waals surface area contributed by atoms with Crippen molar-refractivity contribution < 1.29 is 14.3 Å². The molecule has 1 fully saturated rings. The lowest BCUT2D eigenvalue weighted by Crippen LogP contribution is -2.51. The van der Waals surface area contributed by atoms with Crippen molar-refractivity contribution in [2.24, 2.45) is 0 Å². The van der Waals surface area contributed by atoms with Crippen LogP contribution in [-0.2, 0) is 11.2 Å². The molecule has 0 spiro atoms. The first-order valence-electron chi connectivity index (χ1n) is 8.84. The van der Waals surface area contributed by atoms with Crippen molar-refractivity contribution in [2.45, 2.75) is 13.3 Å². The fraction of sp³-hybridized carbons (Fsp3) is 0.333. The highest BCUT2D eigenvalue weighted by Gasteiger charge is 2.24. The molecule has 2 aromatic rings. The van der Waals surface area contributed by atoms with E-state index in [9.17, 15) is 9.59 Å². The molecule has 5 heteroatoms. The van der Waals surface area contributed by atoms with Crippen LogP contribution in [0.15, 0.2) is 48.5 Å². The molecule has 0 bridgehead atoms. The van der Waals surface area contributed by atoms with Crippen molar-refractivity contribution >= 4 is 11.8 Å². The van der Waals surface area contributed by atoms with Crippen LogP contribution in [0.3, 0.4) is 0 Å². The Hall–Kier alpha value is -2.82. The Kier molecular flexibility index (Phi) is 5.56. The molecule has 0 saturated carbocycles. The molecule has 1 heterocycles. The van der Waals surface area contributed by atoms with Gasteiger partial charge in [-0.15, -0.1) is 0 Å². The predicted octanol–water partition coefficient (Wildman–Crippen LogP) is 2.53. The van der Waals surface area contributed by atoms with E-state index in [2.05, 4.69) is 0 Å². The van der Waals surface area contributed by atoms with E-state index in [1.807, 2.05) is 65.3 Å². The van der Waals surface area contributed by atoms with Gasteiger partial charge in [0.15, 0.2) is 0 Å². The third-order valence-corrected chi connectivity index (χ3v) is 4.77. The molecule has 1 aliphatic heterocycles. The monoisotopic (exact) mass is 352 g/mol. The third-order valence-electron chi connectivity index (χ3n) is 4.77. The maximum Gasteiger partial charge on any atom is 0.253 e. The minimum absolute atomic E-state index is 0.0287. The van der Waals surface area contributed by atoms with Gasteiger partial charge in [-0.05, 0) is 36.2 Å². The minimum Gasteiger partial charge on any atom is -0.496 e. The number of benzene rings is 2. The largest absolute Gasteiger partial charge is 0.496 e. The maximum absolute atomic E-state index is 12.6. The summed E-state index contributed by atoms with van der Waals surface area (Å²) in [7, 11) is 1.64. The van der Waals surface area contributed by atoms with E-state index in [1.54, 1.807) is 7.11 Å². The summed E-state index contributed by atoms with van der Waals surface area (Å²) in [6.45, 7) is 4.25. The van der Waals surface area contributed by atoms with Gasteiger partial charge in [0, 0.05) is 31.7 Å². The highest BCUT2D eigenvalue weighted by molar-refractivity contribution is 5.94. The number of amides is 2. The number of ether oxygens (including phenoxy) is 1. The van der Waals surface area contributed by atoms with E-state index < -0.39 is 0 Å². The lowest BCUT2D eigenvalue weighted by molar-refractivity contribution is -0.131. The smallest absolute Gasteiger partial charge is 0.253 e.